The minimum absolute atomic E-state index is 0.0373. The molecule has 0 spiro atoms. The topological polar surface area (TPSA) is 114 Å². The quantitative estimate of drug-likeness (QED) is 0.669. The van der Waals surface area contributed by atoms with Crippen molar-refractivity contribution in [2.24, 2.45) is 11.8 Å². The zero-order chi connectivity index (χ0) is 19.4. The van der Waals surface area contributed by atoms with Crippen molar-refractivity contribution in [3.63, 3.8) is 0 Å². The summed E-state index contributed by atoms with van der Waals surface area (Å²) in [5.74, 6) is 0.195. The minimum Gasteiger partial charge on any atom is -0.346 e. The fourth-order valence-corrected chi connectivity index (χ4v) is 4.41. The van der Waals surface area contributed by atoms with E-state index in [1.807, 2.05) is 17.2 Å². The first-order chi connectivity index (χ1) is 13.6. The largest absolute Gasteiger partial charge is 0.346 e. The Hall–Kier alpha value is -3.28. The highest BCUT2D eigenvalue weighted by Gasteiger charge is 2.38. The highest BCUT2D eigenvalue weighted by atomic mass is 16.2. The lowest BCUT2D eigenvalue weighted by Crippen LogP contribution is -2.57. The Kier molecular flexibility index (Phi) is 3.69. The summed E-state index contributed by atoms with van der Waals surface area (Å²) in [7, 11) is 0. The van der Waals surface area contributed by atoms with Crippen molar-refractivity contribution in [2.45, 2.75) is 19.4 Å². The summed E-state index contributed by atoms with van der Waals surface area (Å²) < 4.78 is 1.80. The molecule has 2 amide bonds. The van der Waals surface area contributed by atoms with Crippen LogP contribution in [-0.2, 0) is 0 Å². The van der Waals surface area contributed by atoms with E-state index in [1.54, 1.807) is 15.7 Å². The third-order valence-electron chi connectivity index (χ3n) is 6.11. The molecule has 0 bridgehead atoms. The van der Waals surface area contributed by atoms with Crippen LogP contribution in [0.2, 0.25) is 0 Å². The van der Waals surface area contributed by atoms with Crippen molar-refractivity contribution < 1.29 is 4.79 Å². The summed E-state index contributed by atoms with van der Waals surface area (Å²) in [6.45, 7) is 4.27. The molecule has 5 heterocycles. The molecule has 2 atom stereocenters. The second kappa shape index (κ2) is 6.12. The molecule has 28 heavy (non-hydrogen) atoms. The Balaban J connectivity index is 1.51. The number of urea groups is 1. The molecule has 2 aliphatic heterocycles. The molecule has 2 N–H and O–H groups in total. The molecule has 0 saturated carbocycles. The van der Waals surface area contributed by atoms with Gasteiger partial charge in [-0.05, 0) is 18.4 Å². The van der Waals surface area contributed by atoms with Crippen molar-refractivity contribution >= 4 is 28.1 Å². The minimum atomic E-state index is -0.176. The number of hydrogen-bond acceptors (Lipinski definition) is 4. The van der Waals surface area contributed by atoms with Crippen LogP contribution in [0, 0.1) is 23.2 Å². The van der Waals surface area contributed by atoms with Gasteiger partial charge < -0.3 is 19.8 Å². The SMILES string of the molecule is CC1CCN(C(=O)N2CC(C#N)C2)CC1n1c(=O)[nH]c2cnc3[nH]ccc3c21. The summed E-state index contributed by atoms with van der Waals surface area (Å²) >= 11 is 0. The van der Waals surface area contributed by atoms with Crippen molar-refractivity contribution in [3.05, 3.63) is 28.9 Å². The van der Waals surface area contributed by atoms with Gasteiger partial charge >= 0.3 is 11.7 Å². The summed E-state index contributed by atoms with van der Waals surface area (Å²) in [6.07, 6.45) is 4.31. The number of hydrogen-bond donors (Lipinski definition) is 2. The summed E-state index contributed by atoms with van der Waals surface area (Å²) in [6, 6.07) is 3.97. The fraction of sp³-hybridized carbons (Fsp3) is 0.474. The molecule has 2 saturated heterocycles. The van der Waals surface area contributed by atoms with E-state index < -0.39 is 0 Å². The molecule has 0 aromatic carbocycles. The van der Waals surface area contributed by atoms with Gasteiger partial charge in [0, 0.05) is 37.8 Å². The first kappa shape index (κ1) is 16.9. The first-order valence-electron chi connectivity index (χ1n) is 9.56. The number of nitrogens with one attached hydrogen (secondary N) is 2. The molecule has 2 unspecified atom stereocenters. The number of imidazole rings is 1. The standard InChI is InChI=1S/C19H21N7O2/c1-11-3-5-24(19(28)25-8-12(6-20)9-25)10-15(11)26-16-13-2-4-21-17(13)22-7-14(16)23-18(26)27/h2,4,7,11-12,15H,3,5,8-10H2,1H3,(H,21,22)(H,23,27). The Morgan fingerprint density at radius 2 is 2.14 bits per heavy atom. The number of aromatic nitrogens is 4. The van der Waals surface area contributed by atoms with Crippen LogP contribution in [0.25, 0.3) is 22.1 Å². The predicted octanol–water partition coefficient (Wildman–Crippen LogP) is 1.66. The Bertz CT molecular complexity index is 1160. The van der Waals surface area contributed by atoms with Gasteiger partial charge in [-0.2, -0.15) is 5.26 Å². The lowest BCUT2D eigenvalue weighted by atomic mass is 9.93. The molecular formula is C19H21N7O2. The molecule has 3 aromatic rings. The van der Waals surface area contributed by atoms with Gasteiger partial charge in [-0.25, -0.2) is 14.6 Å². The number of nitrogens with zero attached hydrogens (tertiary/aromatic N) is 5. The van der Waals surface area contributed by atoms with E-state index in [1.165, 1.54) is 0 Å². The number of carbonyl (C=O) groups is 1. The van der Waals surface area contributed by atoms with Crippen molar-refractivity contribution in [1.82, 2.24) is 29.3 Å². The van der Waals surface area contributed by atoms with Gasteiger partial charge in [0.25, 0.3) is 0 Å². The Morgan fingerprint density at radius 3 is 2.93 bits per heavy atom. The molecule has 5 rings (SSSR count). The van der Waals surface area contributed by atoms with Crippen LogP contribution in [0.15, 0.2) is 23.3 Å². The second-order valence-corrected chi connectivity index (χ2v) is 7.85. The van der Waals surface area contributed by atoms with Crippen molar-refractivity contribution in [2.75, 3.05) is 26.2 Å². The van der Waals surface area contributed by atoms with E-state index in [4.69, 9.17) is 5.26 Å². The van der Waals surface area contributed by atoms with E-state index in [0.717, 1.165) is 23.0 Å². The van der Waals surface area contributed by atoms with Crippen LogP contribution >= 0.6 is 0 Å². The van der Waals surface area contributed by atoms with Gasteiger partial charge in [0.05, 0.1) is 35.3 Å². The molecule has 0 aliphatic carbocycles. The average molecular weight is 379 g/mol. The number of pyridine rings is 1. The van der Waals surface area contributed by atoms with Gasteiger partial charge in [-0.15, -0.1) is 0 Å². The number of likely N-dealkylation sites (tertiary alicyclic amines) is 2. The maximum absolute atomic E-state index is 12.8. The van der Waals surface area contributed by atoms with Gasteiger partial charge in [0.1, 0.15) is 5.65 Å². The van der Waals surface area contributed by atoms with Gasteiger partial charge in [-0.1, -0.05) is 6.92 Å². The second-order valence-electron chi connectivity index (χ2n) is 7.85. The number of rotatable bonds is 1. The van der Waals surface area contributed by atoms with Crippen LogP contribution in [0.5, 0.6) is 0 Å². The number of piperidine rings is 1. The van der Waals surface area contributed by atoms with Crippen LogP contribution in [0.4, 0.5) is 4.79 Å². The van der Waals surface area contributed by atoms with E-state index in [0.29, 0.717) is 31.7 Å². The zero-order valence-electron chi connectivity index (χ0n) is 15.6. The van der Waals surface area contributed by atoms with E-state index in [2.05, 4.69) is 27.9 Å². The Morgan fingerprint density at radius 1 is 1.32 bits per heavy atom. The molecule has 9 heteroatoms. The predicted molar refractivity (Wildman–Crippen MR) is 103 cm³/mol. The third kappa shape index (κ3) is 2.41. The third-order valence-corrected chi connectivity index (χ3v) is 6.11. The Labute approximate surface area is 160 Å². The molecular weight excluding hydrogens is 358 g/mol. The first-order valence-corrected chi connectivity index (χ1v) is 9.56. The maximum atomic E-state index is 12.8. The highest BCUT2D eigenvalue weighted by Crippen LogP contribution is 2.32. The van der Waals surface area contributed by atoms with Gasteiger partial charge in [0.2, 0.25) is 0 Å². The average Bonchev–Trinajstić information content (AvgIpc) is 3.24. The number of aromatic amines is 2. The van der Waals surface area contributed by atoms with Crippen molar-refractivity contribution in [3.8, 4) is 6.07 Å². The molecule has 0 radical (unpaired) electrons. The number of H-pyrrole nitrogens is 2. The molecule has 144 valence electrons. The number of nitriles is 1. The molecule has 2 aliphatic rings. The van der Waals surface area contributed by atoms with Gasteiger partial charge in [-0.3, -0.25) is 4.57 Å². The number of amides is 2. The molecule has 9 nitrogen and oxygen atoms in total. The maximum Gasteiger partial charge on any atom is 0.326 e. The summed E-state index contributed by atoms with van der Waals surface area (Å²) in [5, 5.41) is 9.84. The normalized spacial score (nSPS) is 23.1. The van der Waals surface area contributed by atoms with Crippen LogP contribution in [-0.4, -0.2) is 61.5 Å². The summed E-state index contributed by atoms with van der Waals surface area (Å²) in [4.78, 5) is 39.5. The van der Waals surface area contributed by atoms with E-state index >= 15 is 0 Å². The fourth-order valence-electron chi connectivity index (χ4n) is 4.41. The van der Waals surface area contributed by atoms with Crippen LogP contribution in [0.1, 0.15) is 19.4 Å². The zero-order valence-corrected chi connectivity index (χ0v) is 15.6. The monoisotopic (exact) mass is 379 g/mol. The number of fused-ring (bicyclic) bond motifs is 3. The lowest BCUT2D eigenvalue weighted by Gasteiger charge is -2.43. The van der Waals surface area contributed by atoms with Crippen LogP contribution in [0.3, 0.4) is 0 Å². The molecule has 3 aromatic heterocycles. The lowest BCUT2D eigenvalue weighted by molar-refractivity contribution is 0.0819. The summed E-state index contributed by atoms with van der Waals surface area (Å²) in [5.41, 5.74) is 2.09. The number of carbonyl (C=O) groups excluding carboxylic acids is 1. The van der Waals surface area contributed by atoms with Crippen LogP contribution < -0.4 is 5.69 Å². The van der Waals surface area contributed by atoms with E-state index in [9.17, 15) is 9.59 Å². The molecule has 2 fully saturated rings. The van der Waals surface area contributed by atoms with Gasteiger partial charge in [0.15, 0.2) is 0 Å². The van der Waals surface area contributed by atoms with Crippen molar-refractivity contribution in [1.29, 1.82) is 5.26 Å². The highest BCUT2D eigenvalue weighted by molar-refractivity contribution is 6.01. The van der Waals surface area contributed by atoms with E-state index in [-0.39, 0.29) is 29.6 Å². The smallest absolute Gasteiger partial charge is 0.326 e.